The molecule has 6 aliphatic carbocycles. The van der Waals surface area contributed by atoms with Gasteiger partial charge in [-0.25, -0.2) is 0 Å². The maximum absolute atomic E-state index is 10.9. The lowest BCUT2D eigenvalue weighted by Crippen LogP contribution is -2.48. The van der Waals surface area contributed by atoms with Gasteiger partial charge in [0, 0.05) is 23.6 Å². The summed E-state index contributed by atoms with van der Waals surface area (Å²) in [6.45, 7) is 9.47. The second kappa shape index (κ2) is 9.25. The van der Waals surface area contributed by atoms with Gasteiger partial charge in [0.2, 0.25) is 0 Å². The number of para-hydroxylation sites is 2. The first-order chi connectivity index (χ1) is 18.2. The van der Waals surface area contributed by atoms with Crippen LogP contribution in [0.3, 0.4) is 0 Å². The first-order valence-electron chi connectivity index (χ1n) is 14.2. The van der Waals surface area contributed by atoms with Crippen LogP contribution in [0.1, 0.15) is 76.6 Å². The molecule has 0 unspecified atom stereocenters. The van der Waals surface area contributed by atoms with Crippen LogP contribution in [0.5, 0.6) is 11.5 Å². The van der Waals surface area contributed by atoms with E-state index in [0.29, 0.717) is 22.7 Å². The summed E-state index contributed by atoms with van der Waals surface area (Å²) in [4.78, 5) is 10.3. The Hall–Kier alpha value is -3.14. The molecule has 0 aliphatic heterocycles. The number of fused-ring (bicyclic) bond motifs is 2. The van der Waals surface area contributed by atoms with Crippen molar-refractivity contribution in [2.45, 2.75) is 65.5 Å². The SMILES string of the molecule is CC1(C)[C@H]2CC=C(C=N[C@@H](c3ccccc3O)[C@@H](N=CC3=CC[C@H]4C[C@@H]3C4(C)C)c3ccccc3O)[C@@H]1C2. The number of aliphatic imine (C=N–C) groups is 2. The highest BCUT2D eigenvalue weighted by atomic mass is 16.3. The van der Waals surface area contributed by atoms with E-state index < -0.39 is 12.1 Å². The molecule has 0 amide bonds. The molecule has 4 nitrogen and oxygen atoms in total. The van der Waals surface area contributed by atoms with E-state index in [1.54, 1.807) is 12.1 Å². The Bertz CT molecular complexity index is 1240. The topological polar surface area (TPSA) is 65.2 Å². The lowest BCUT2D eigenvalue weighted by atomic mass is 9.49. The van der Waals surface area contributed by atoms with Gasteiger partial charge in [-0.3, -0.25) is 9.98 Å². The van der Waals surface area contributed by atoms with Crippen molar-refractivity contribution in [2.24, 2.45) is 44.5 Å². The minimum atomic E-state index is -0.478. The Morgan fingerprint density at radius 2 is 1.08 bits per heavy atom. The first kappa shape index (κ1) is 25.2. The number of phenolic OH excluding ortho intramolecular Hbond substituents is 2. The average molecular weight is 509 g/mol. The van der Waals surface area contributed by atoms with Crippen molar-refractivity contribution in [2.75, 3.05) is 0 Å². The molecule has 198 valence electrons. The quantitative estimate of drug-likeness (QED) is 0.372. The van der Waals surface area contributed by atoms with Gasteiger partial charge in [0.15, 0.2) is 0 Å². The molecule has 6 atom stereocenters. The van der Waals surface area contributed by atoms with Crippen LogP contribution in [0.15, 0.2) is 81.8 Å². The summed E-state index contributed by atoms with van der Waals surface area (Å²) < 4.78 is 0. The fraction of sp³-hybridized carbons (Fsp3) is 0.471. The van der Waals surface area contributed by atoms with Crippen LogP contribution in [0.4, 0.5) is 0 Å². The standard InChI is InChI=1S/C34H40N2O2/c1-33(2)23-15-13-21(27(33)17-23)19-35-31(25-9-5-7-11-29(25)37)32(26-10-6-8-12-30(26)38)36-20-22-14-16-24-18-28(22)34(24,3)4/h5-14,19-20,23-24,27-28,31-32,37-38H,15-18H2,1-4H3/t23-,24-,27-,28-,31-,32-/m0/s1. The third kappa shape index (κ3) is 4.04. The Kier molecular flexibility index (Phi) is 6.13. The Morgan fingerprint density at radius 1 is 0.684 bits per heavy atom. The van der Waals surface area contributed by atoms with E-state index in [0.717, 1.165) is 35.8 Å². The van der Waals surface area contributed by atoms with Crippen LogP contribution in [0.2, 0.25) is 0 Å². The van der Waals surface area contributed by atoms with Crippen molar-refractivity contribution in [1.82, 2.24) is 0 Å². The van der Waals surface area contributed by atoms with E-state index in [-0.39, 0.29) is 11.5 Å². The summed E-state index contributed by atoms with van der Waals surface area (Å²) in [5, 5.41) is 21.9. The molecular formula is C34H40N2O2. The smallest absolute Gasteiger partial charge is 0.121 e. The molecule has 0 spiro atoms. The maximum Gasteiger partial charge on any atom is 0.121 e. The fourth-order valence-corrected chi connectivity index (χ4v) is 7.56. The predicted octanol–water partition coefficient (Wildman–Crippen LogP) is 8.01. The van der Waals surface area contributed by atoms with Gasteiger partial charge in [-0.15, -0.1) is 0 Å². The molecule has 2 fully saturated rings. The molecular weight excluding hydrogens is 468 g/mol. The largest absolute Gasteiger partial charge is 0.508 e. The molecule has 2 aromatic carbocycles. The van der Waals surface area contributed by atoms with Crippen LogP contribution in [0, 0.1) is 34.5 Å². The van der Waals surface area contributed by atoms with Crippen molar-refractivity contribution in [1.29, 1.82) is 0 Å². The summed E-state index contributed by atoms with van der Waals surface area (Å²) in [6, 6.07) is 13.9. The predicted molar refractivity (Wildman–Crippen MR) is 155 cm³/mol. The highest BCUT2D eigenvalue weighted by molar-refractivity contribution is 5.82. The summed E-state index contributed by atoms with van der Waals surface area (Å²) in [5.41, 5.74) is 4.62. The minimum absolute atomic E-state index is 0.201. The number of rotatable bonds is 7. The van der Waals surface area contributed by atoms with Crippen molar-refractivity contribution >= 4 is 12.4 Å². The van der Waals surface area contributed by atoms with Crippen molar-refractivity contribution in [3.8, 4) is 11.5 Å². The summed E-state index contributed by atoms with van der Waals surface area (Å²) in [6.07, 6.45) is 13.4. The summed E-state index contributed by atoms with van der Waals surface area (Å²) in [5.74, 6) is 2.96. The molecule has 0 heterocycles. The number of benzene rings is 2. The summed E-state index contributed by atoms with van der Waals surface area (Å²) in [7, 11) is 0. The van der Waals surface area contributed by atoms with Gasteiger partial charge in [0.1, 0.15) is 23.6 Å². The second-order valence-electron chi connectivity index (χ2n) is 13.1. The third-order valence-electron chi connectivity index (χ3n) is 10.6. The first-order valence-corrected chi connectivity index (χ1v) is 14.2. The molecule has 0 saturated heterocycles. The van der Waals surface area contributed by atoms with E-state index in [4.69, 9.17) is 9.98 Å². The van der Waals surface area contributed by atoms with Crippen LogP contribution in [-0.2, 0) is 0 Å². The van der Waals surface area contributed by atoms with E-state index in [1.165, 1.54) is 24.0 Å². The second-order valence-corrected chi connectivity index (χ2v) is 13.1. The molecule has 2 aromatic rings. The number of allylic oxidation sites excluding steroid dienone is 4. The number of hydrogen-bond donors (Lipinski definition) is 2. The molecule has 6 aliphatic rings. The van der Waals surface area contributed by atoms with E-state index >= 15 is 0 Å². The third-order valence-corrected chi connectivity index (χ3v) is 10.6. The number of aromatic hydroxyl groups is 2. The summed E-state index contributed by atoms with van der Waals surface area (Å²) >= 11 is 0. The zero-order chi connectivity index (χ0) is 26.7. The van der Waals surface area contributed by atoms with E-state index in [1.807, 2.05) is 48.8 Å². The van der Waals surface area contributed by atoms with Gasteiger partial charge in [-0.05, 0) is 83.5 Å². The van der Waals surface area contributed by atoms with Crippen LogP contribution >= 0.6 is 0 Å². The number of nitrogens with zero attached hydrogens (tertiary/aromatic N) is 2. The van der Waals surface area contributed by atoms with Crippen molar-refractivity contribution < 1.29 is 10.2 Å². The van der Waals surface area contributed by atoms with Gasteiger partial charge in [-0.2, -0.15) is 0 Å². The molecule has 38 heavy (non-hydrogen) atoms. The molecule has 0 radical (unpaired) electrons. The maximum atomic E-state index is 10.9. The van der Waals surface area contributed by atoms with E-state index in [2.05, 4.69) is 39.8 Å². The van der Waals surface area contributed by atoms with Gasteiger partial charge in [0.25, 0.3) is 0 Å². The fourth-order valence-electron chi connectivity index (χ4n) is 7.56. The minimum Gasteiger partial charge on any atom is -0.508 e. The Morgan fingerprint density at radius 3 is 1.42 bits per heavy atom. The Balaban J connectivity index is 1.41. The van der Waals surface area contributed by atoms with Crippen LogP contribution in [-0.4, -0.2) is 22.6 Å². The van der Waals surface area contributed by atoms with Gasteiger partial charge >= 0.3 is 0 Å². The number of hydrogen-bond acceptors (Lipinski definition) is 4. The Labute approximate surface area is 226 Å². The average Bonchev–Trinajstić information content (AvgIpc) is 2.91. The lowest BCUT2D eigenvalue weighted by Gasteiger charge is -2.56. The van der Waals surface area contributed by atoms with Crippen LogP contribution < -0.4 is 0 Å². The molecule has 4 bridgehead atoms. The van der Waals surface area contributed by atoms with Crippen LogP contribution in [0.25, 0.3) is 0 Å². The van der Waals surface area contributed by atoms with Gasteiger partial charge in [0.05, 0.1) is 0 Å². The lowest BCUT2D eigenvalue weighted by molar-refractivity contribution is -0.00133. The highest BCUT2D eigenvalue weighted by Crippen LogP contribution is 2.60. The molecule has 0 aromatic heterocycles. The molecule has 4 heteroatoms. The normalized spacial score (nSPS) is 30.2. The van der Waals surface area contributed by atoms with Gasteiger partial charge < -0.3 is 10.2 Å². The van der Waals surface area contributed by atoms with Crippen molar-refractivity contribution in [3.63, 3.8) is 0 Å². The number of phenols is 2. The molecule has 2 N–H and O–H groups in total. The zero-order valence-electron chi connectivity index (χ0n) is 23.0. The monoisotopic (exact) mass is 508 g/mol. The molecule has 2 saturated carbocycles. The van der Waals surface area contributed by atoms with E-state index in [9.17, 15) is 10.2 Å². The van der Waals surface area contributed by atoms with Gasteiger partial charge in [-0.1, -0.05) is 76.2 Å². The highest BCUT2D eigenvalue weighted by Gasteiger charge is 2.51. The zero-order valence-corrected chi connectivity index (χ0v) is 23.0. The van der Waals surface area contributed by atoms with Crippen molar-refractivity contribution in [3.05, 3.63) is 83.0 Å². The molecule has 8 rings (SSSR count).